The van der Waals surface area contributed by atoms with Crippen LogP contribution in [0.1, 0.15) is 38.5 Å². The number of aromatic nitrogens is 2. The number of hydrogen-bond acceptors (Lipinski definition) is 4. The normalized spacial score (nSPS) is 32.7. The number of carbonyl (C=O) groups excluding carboxylic acids is 1. The van der Waals surface area contributed by atoms with Crippen LogP contribution < -0.4 is 10.1 Å². The van der Waals surface area contributed by atoms with E-state index in [1.807, 2.05) is 24.3 Å². The number of nitrogens with zero attached hydrogens (tertiary/aromatic N) is 2. The van der Waals surface area contributed by atoms with Gasteiger partial charge >= 0.3 is 0 Å². The number of para-hydroxylation sites is 1. The lowest BCUT2D eigenvalue weighted by molar-refractivity contribution is -0.128. The Morgan fingerprint density at radius 2 is 1.76 bits per heavy atom. The van der Waals surface area contributed by atoms with Crippen LogP contribution in [0.4, 0.5) is 0 Å². The Kier molecular flexibility index (Phi) is 3.43. The molecule has 5 heteroatoms. The lowest BCUT2D eigenvalue weighted by Gasteiger charge is -2.56. The van der Waals surface area contributed by atoms with Crippen LogP contribution in [0.2, 0.25) is 0 Å². The van der Waals surface area contributed by atoms with Crippen LogP contribution in [0.5, 0.6) is 5.88 Å². The van der Waals surface area contributed by atoms with Gasteiger partial charge in [-0.05, 0) is 68.4 Å². The molecule has 0 saturated heterocycles. The van der Waals surface area contributed by atoms with Crippen molar-refractivity contribution in [3.05, 3.63) is 30.6 Å². The lowest BCUT2D eigenvalue weighted by atomic mass is 9.53. The molecule has 0 atom stereocenters. The van der Waals surface area contributed by atoms with Crippen molar-refractivity contribution in [2.75, 3.05) is 6.61 Å². The van der Waals surface area contributed by atoms with E-state index < -0.39 is 0 Å². The van der Waals surface area contributed by atoms with Crippen LogP contribution in [0.15, 0.2) is 30.6 Å². The van der Waals surface area contributed by atoms with Gasteiger partial charge in [0.25, 0.3) is 5.91 Å². The monoisotopic (exact) mass is 337 g/mol. The van der Waals surface area contributed by atoms with Crippen molar-refractivity contribution in [3.8, 4) is 5.88 Å². The van der Waals surface area contributed by atoms with Gasteiger partial charge in [0.1, 0.15) is 6.33 Å². The Morgan fingerprint density at radius 3 is 2.48 bits per heavy atom. The van der Waals surface area contributed by atoms with Crippen molar-refractivity contribution in [2.45, 2.75) is 44.1 Å². The van der Waals surface area contributed by atoms with Crippen LogP contribution >= 0.6 is 0 Å². The van der Waals surface area contributed by atoms with E-state index in [1.165, 1.54) is 25.6 Å². The van der Waals surface area contributed by atoms with Gasteiger partial charge in [0.05, 0.1) is 10.9 Å². The zero-order chi connectivity index (χ0) is 16.9. The van der Waals surface area contributed by atoms with Crippen molar-refractivity contribution < 1.29 is 9.53 Å². The van der Waals surface area contributed by atoms with Crippen LogP contribution in [-0.4, -0.2) is 28.0 Å². The summed E-state index contributed by atoms with van der Waals surface area (Å²) in [6.45, 7) is 0.0166. The molecular formula is C20H23N3O2. The molecule has 1 N–H and O–H groups in total. The lowest BCUT2D eigenvalue weighted by Crippen LogP contribution is -2.60. The number of rotatable bonds is 4. The number of nitrogens with one attached hydrogen (secondary N) is 1. The molecule has 1 aromatic carbocycles. The second kappa shape index (κ2) is 5.68. The predicted molar refractivity (Wildman–Crippen MR) is 94.1 cm³/mol. The number of carbonyl (C=O) groups is 1. The van der Waals surface area contributed by atoms with Gasteiger partial charge < -0.3 is 10.1 Å². The first-order valence-electron chi connectivity index (χ1n) is 9.33. The number of amides is 1. The van der Waals surface area contributed by atoms with Crippen molar-refractivity contribution >= 4 is 16.8 Å². The summed E-state index contributed by atoms with van der Waals surface area (Å²) in [5.74, 6) is 2.91. The Morgan fingerprint density at radius 1 is 1.08 bits per heavy atom. The minimum Gasteiger partial charge on any atom is -0.467 e. The minimum atomic E-state index is -0.0235. The largest absolute Gasteiger partial charge is 0.467 e. The summed E-state index contributed by atoms with van der Waals surface area (Å²) >= 11 is 0. The van der Waals surface area contributed by atoms with Crippen LogP contribution in [-0.2, 0) is 4.79 Å². The first-order chi connectivity index (χ1) is 12.2. The third-order valence-corrected chi connectivity index (χ3v) is 6.29. The molecule has 0 unspecified atom stereocenters. The van der Waals surface area contributed by atoms with E-state index in [-0.39, 0.29) is 18.1 Å². The topological polar surface area (TPSA) is 64.1 Å². The third kappa shape index (κ3) is 2.75. The highest BCUT2D eigenvalue weighted by atomic mass is 16.5. The minimum absolute atomic E-state index is 0.0166. The average molecular weight is 337 g/mol. The van der Waals surface area contributed by atoms with E-state index in [1.54, 1.807) is 0 Å². The van der Waals surface area contributed by atoms with E-state index in [0.29, 0.717) is 5.88 Å². The predicted octanol–water partition coefficient (Wildman–Crippen LogP) is 3.09. The quantitative estimate of drug-likeness (QED) is 0.931. The zero-order valence-corrected chi connectivity index (χ0v) is 14.3. The second-order valence-corrected chi connectivity index (χ2v) is 8.23. The fourth-order valence-electron chi connectivity index (χ4n) is 5.82. The van der Waals surface area contributed by atoms with Gasteiger partial charge in [0, 0.05) is 5.54 Å². The summed E-state index contributed by atoms with van der Waals surface area (Å²) in [6.07, 6.45) is 9.06. The standard InChI is InChI=1S/C20H23N3O2/c24-18(11-25-19-16-3-1-2-4-17(16)21-12-22-19)23-20-8-13-5-14(9-20)7-15(6-13)10-20/h1-4,12-15H,5-11H2,(H,23,24). The van der Waals surface area contributed by atoms with Gasteiger partial charge in [-0.3, -0.25) is 4.79 Å². The number of benzene rings is 1. The Hall–Kier alpha value is -2.17. The van der Waals surface area contributed by atoms with Gasteiger partial charge in [-0.2, -0.15) is 0 Å². The maximum atomic E-state index is 12.6. The average Bonchev–Trinajstić information content (AvgIpc) is 2.58. The molecule has 4 bridgehead atoms. The maximum absolute atomic E-state index is 12.6. The highest BCUT2D eigenvalue weighted by Crippen LogP contribution is 2.55. The van der Waals surface area contributed by atoms with Gasteiger partial charge in [-0.25, -0.2) is 9.97 Å². The molecule has 1 heterocycles. The first kappa shape index (κ1) is 15.1. The summed E-state index contributed by atoms with van der Waals surface area (Å²) < 4.78 is 5.73. The van der Waals surface area contributed by atoms with Gasteiger partial charge in [-0.15, -0.1) is 0 Å². The molecule has 4 fully saturated rings. The zero-order valence-electron chi connectivity index (χ0n) is 14.3. The second-order valence-electron chi connectivity index (χ2n) is 8.23. The molecule has 4 aliphatic carbocycles. The maximum Gasteiger partial charge on any atom is 0.258 e. The molecule has 0 radical (unpaired) electrons. The van der Waals surface area contributed by atoms with Crippen molar-refractivity contribution in [1.29, 1.82) is 0 Å². The molecule has 4 aliphatic rings. The smallest absolute Gasteiger partial charge is 0.258 e. The fourth-order valence-corrected chi connectivity index (χ4v) is 5.82. The summed E-state index contributed by atoms with van der Waals surface area (Å²) in [7, 11) is 0. The molecule has 1 aromatic heterocycles. The van der Waals surface area contributed by atoms with Crippen LogP contribution in [0, 0.1) is 17.8 Å². The van der Waals surface area contributed by atoms with Gasteiger partial charge in [0.15, 0.2) is 6.61 Å². The van der Waals surface area contributed by atoms with Gasteiger partial charge in [0.2, 0.25) is 5.88 Å². The van der Waals surface area contributed by atoms with Crippen molar-refractivity contribution in [1.82, 2.24) is 15.3 Å². The number of fused-ring (bicyclic) bond motifs is 1. The molecule has 2 aromatic rings. The first-order valence-corrected chi connectivity index (χ1v) is 9.33. The van der Waals surface area contributed by atoms with E-state index in [2.05, 4.69) is 15.3 Å². The van der Waals surface area contributed by atoms with E-state index >= 15 is 0 Å². The molecule has 4 saturated carbocycles. The molecule has 5 nitrogen and oxygen atoms in total. The van der Waals surface area contributed by atoms with Crippen LogP contribution in [0.3, 0.4) is 0 Å². The molecule has 130 valence electrons. The van der Waals surface area contributed by atoms with Crippen molar-refractivity contribution in [3.63, 3.8) is 0 Å². The summed E-state index contributed by atoms with van der Waals surface area (Å²) in [4.78, 5) is 21.0. The van der Waals surface area contributed by atoms with E-state index in [4.69, 9.17) is 4.74 Å². The Labute approximate surface area is 147 Å². The fraction of sp³-hybridized carbons (Fsp3) is 0.550. The van der Waals surface area contributed by atoms with Gasteiger partial charge in [-0.1, -0.05) is 12.1 Å². The van der Waals surface area contributed by atoms with Crippen molar-refractivity contribution in [2.24, 2.45) is 17.8 Å². The Balaban J connectivity index is 1.27. The summed E-state index contributed by atoms with van der Waals surface area (Å²) in [5, 5.41) is 4.18. The summed E-state index contributed by atoms with van der Waals surface area (Å²) in [5.41, 5.74) is 0.858. The van der Waals surface area contributed by atoms with E-state index in [0.717, 1.165) is 47.9 Å². The third-order valence-electron chi connectivity index (χ3n) is 6.29. The van der Waals surface area contributed by atoms with Crippen LogP contribution in [0.25, 0.3) is 10.9 Å². The SMILES string of the molecule is O=C(COc1ncnc2ccccc12)NC12CC3CC(CC(C3)C1)C2. The number of ether oxygens (including phenoxy) is 1. The molecule has 0 spiro atoms. The Bertz CT molecular complexity index is 779. The molecule has 1 amide bonds. The molecule has 0 aliphatic heterocycles. The highest BCUT2D eigenvalue weighted by Gasteiger charge is 2.51. The molecule has 6 rings (SSSR count). The van der Waals surface area contributed by atoms with E-state index in [9.17, 15) is 4.79 Å². The number of hydrogen-bond donors (Lipinski definition) is 1. The summed E-state index contributed by atoms with van der Waals surface area (Å²) in [6, 6.07) is 7.69. The highest BCUT2D eigenvalue weighted by molar-refractivity contribution is 5.84. The molecular weight excluding hydrogens is 314 g/mol. The molecule has 25 heavy (non-hydrogen) atoms.